The largest absolute Gasteiger partial charge is 0.573 e. The fraction of sp³-hybridized carbons (Fsp3) is 0.200. The molecule has 4 aromatic carbocycles. The summed E-state index contributed by atoms with van der Waals surface area (Å²) >= 11 is 0. The van der Waals surface area contributed by atoms with Crippen LogP contribution in [0.5, 0.6) is 11.5 Å². The van der Waals surface area contributed by atoms with Gasteiger partial charge < -0.3 is 22.7 Å². The van der Waals surface area contributed by atoms with Crippen molar-refractivity contribution < 1.29 is 62.2 Å². The van der Waals surface area contributed by atoms with E-state index < -0.39 is 42.7 Å². The highest BCUT2D eigenvalue weighted by Crippen LogP contribution is 2.31. The van der Waals surface area contributed by atoms with Gasteiger partial charge in [-0.15, -0.1) is 36.5 Å². The monoisotopic (exact) mass is 782 g/mol. The molecule has 0 N–H and O–H groups in total. The quantitative estimate of drug-likeness (QED) is 0.139. The van der Waals surface area contributed by atoms with Crippen molar-refractivity contribution in [2.75, 3.05) is 0 Å². The number of fused-ring (bicyclic) bond motifs is 2. The highest BCUT2D eigenvalue weighted by Gasteiger charge is 2.32. The van der Waals surface area contributed by atoms with Crippen LogP contribution in [0.3, 0.4) is 0 Å². The Bertz CT molecular complexity index is 2540. The van der Waals surface area contributed by atoms with E-state index >= 15 is 0 Å². The summed E-state index contributed by atoms with van der Waals surface area (Å²) in [7, 11) is 0. The standard InChI is InChI=1S/C19H14F3N3O4.C16H9F6NO3/c1-11-23-24-17(27-11)8-9-25-15-10-13(4-7-16(15)28-18(25)26)12-2-5-14(6-3-12)29-19(20,21)22;17-15(18,19)8-23-12-7-10(3-6-13(12)25-14(23)24)9-1-4-11(5-2-9)26-16(20,21)22/h2-7,10H,8-9H2,1H3;1-7H,8H2. The SMILES string of the molecule is Cc1nnc(CCn2c(=O)oc3ccc(-c4ccc(OC(F)(F)F)cc4)cc32)o1.O=c1oc2ccc(-c3ccc(OC(F)(F)F)cc3)cc2n1CC(F)(F)F. The Morgan fingerprint density at radius 2 is 1.02 bits per heavy atom. The zero-order valence-corrected chi connectivity index (χ0v) is 27.8. The molecule has 3 heterocycles. The number of aromatic nitrogens is 4. The first kappa shape index (κ1) is 38.3. The molecular weight excluding hydrogens is 759 g/mol. The van der Waals surface area contributed by atoms with E-state index in [9.17, 15) is 49.1 Å². The van der Waals surface area contributed by atoms with Crippen LogP contribution < -0.4 is 21.0 Å². The van der Waals surface area contributed by atoms with Crippen LogP contribution >= 0.6 is 0 Å². The molecule has 0 radical (unpaired) electrons. The number of nitrogens with zero attached hydrogens (tertiary/aromatic N) is 4. The van der Waals surface area contributed by atoms with E-state index in [1.807, 2.05) is 0 Å². The number of alkyl halides is 9. The van der Waals surface area contributed by atoms with Crippen molar-refractivity contribution in [3.63, 3.8) is 0 Å². The van der Waals surface area contributed by atoms with Gasteiger partial charge in [-0.2, -0.15) is 13.2 Å². The zero-order valence-electron chi connectivity index (χ0n) is 27.8. The van der Waals surface area contributed by atoms with Crippen LogP contribution in [0.4, 0.5) is 39.5 Å². The molecule has 0 fully saturated rings. The fourth-order valence-corrected chi connectivity index (χ4v) is 5.37. The third kappa shape index (κ3) is 9.75. The lowest BCUT2D eigenvalue weighted by Crippen LogP contribution is -2.24. The van der Waals surface area contributed by atoms with Crippen LogP contribution in [0, 0.1) is 6.92 Å². The maximum absolute atomic E-state index is 12.6. The van der Waals surface area contributed by atoms with Crippen molar-refractivity contribution in [1.29, 1.82) is 0 Å². The fourth-order valence-electron chi connectivity index (χ4n) is 5.37. The van der Waals surface area contributed by atoms with E-state index in [2.05, 4.69) is 19.7 Å². The summed E-state index contributed by atoms with van der Waals surface area (Å²) in [5, 5.41) is 7.65. The molecule has 0 saturated carbocycles. The third-order valence-electron chi connectivity index (χ3n) is 7.63. The summed E-state index contributed by atoms with van der Waals surface area (Å²) in [6.45, 7) is 0.434. The summed E-state index contributed by atoms with van der Waals surface area (Å²) in [6.07, 6.45) is -13.8. The first-order valence-electron chi connectivity index (χ1n) is 15.7. The van der Waals surface area contributed by atoms with Crippen LogP contribution in [-0.4, -0.2) is 38.2 Å². The average molecular weight is 783 g/mol. The van der Waals surface area contributed by atoms with E-state index in [1.54, 1.807) is 25.1 Å². The lowest BCUT2D eigenvalue weighted by Gasteiger charge is -2.10. The number of rotatable bonds is 8. The number of halogens is 9. The summed E-state index contributed by atoms with van der Waals surface area (Å²) in [6, 6.07) is 19.4. The molecule has 7 rings (SSSR count). The summed E-state index contributed by atoms with van der Waals surface area (Å²) in [5.41, 5.74) is 3.05. The van der Waals surface area contributed by atoms with Crippen molar-refractivity contribution in [1.82, 2.24) is 19.3 Å². The van der Waals surface area contributed by atoms with E-state index in [1.165, 1.54) is 59.2 Å². The molecule has 0 saturated heterocycles. The topological polar surface area (TPSA) is 128 Å². The van der Waals surface area contributed by atoms with Gasteiger partial charge in [0.05, 0.1) is 11.0 Å². The maximum atomic E-state index is 12.6. The number of hydrogen-bond donors (Lipinski definition) is 0. The maximum Gasteiger partial charge on any atom is 0.573 e. The van der Waals surface area contributed by atoms with Gasteiger partial charge in [0, 0.05) is 19.9 Å². The molecule has 7 aromatic rings. The molecule has 0 amide bonds. The number of ether oxygens (including phenoxy) is 2. The number of oxazole rings is 2. The summed E-state index contributed by atoms with van der Waals surface area (Å²) in [4.78, 5) is 23.8. The van der Waals surface area contributed by atoms with Crippen molar-refractivity contribution in [3.8, 4) is 33.8 Å². The van der Waals surface area contributed by atoms with E-state index in [0.717, 1.165) is 12.1 Å². The molecule has 11 nitrogen and oxygen atoms in total. The molecule has 0 aliphatic rings. The molecule has 3 aromatic heterocycles. The minimum atomic E-state index is -4.83. The minimum Gasteiger partial charge on any atom is -0.426 e. The molecule has 0 spiro atoms. The Morgan fingerprint density at radius 3 is 1.44 bits per heavy atom. The first-order chi connectivity index (χ1) is 25.8. The zero-order chi connectivity index (χ0) is 39.7. The van der Waals surface area contributed by atoms with Gasteiger partial charge in [-0.25, -0.2) is 9.59 Å². The molecular formula is C35H23F9N4O7. The highest BCUT2D eigenvalue weighted by molar-refractivity contribution is 5.82. The third-order valence-corrected chi connectivity index (χ3v) is 7.63. The summed E-state index contributed by atoms with van der Waals surface area (Å²) in [5.74, 6) is -1.58. The van der Waals surface area contributed by atoms with Crippen LogP contribution in [0.15, 0.2) is 108 Å². The van der Waals surface area contributed by atoms with Gasteiger partial charge in [-0.05, 0) is 70.8 Å². The van der Waals surface area contributed by atoms with Crippen LogP contribution in [0.1, 0.15) is 11.8 Å². The van der Waals surface area contributed by atoms with E-state index in [0.29, 0.717) is 56.1 Å². The average Bonchev–Trinajstić information content (AvgIpc) is 3.75. The Kier molecular flexibility index (Phi) is 10.3. The molecule has 55 heavy (non-hydrogen) atoms. The smallest absolute Gasteiger partial charge is 0.426 e. The molecule has 0 atom stereocenters. The van der Waals surface area contributed by atoms with E-state index in [-0.39, 0.29) is 23.4 Å². The molecule has 288 valence electrons. The summed E-state index contributed by atoms with van der Waals surface area (Å²) < 4.78 is 136. The Hall–Kier alpha value is -6.47. The molecule has 0 aliphatic heterocycles. The molecule has 0 aliphatic carbocycles. The normalized spacial score (nSPS) is 12.2. The van der Waals surface area contributed by atoms with Crippen molar-refractivity contribution in [2.45, 2.75) is 45.3 Å². The lowest BCUT2D eigenvalue weighted by atomic mass is 10.1. The molecule has 0 unspecified atom stereocenters. The predicted octanol–water partition coefficient (Wildman–Crippen LogP) is 8.82. The molecule has 20 heteroatoms. The van der Waals surface area contributed by atoms with Gasteiger partial charge in [0.25, 0.3) is 0 Å². The van der Waals surface area contributed by atoms with Crippen molar-refractivity contribution in [2.24, 2.45) is 0 Å². The Morgan fingerprint density at radius 1 is 0.582 bits per heavy atom. The Labute approximate surface area is 300 Å². The van der Waals surface area contributed by atoms with Crippen LogP contribution in [-0.2, 0) is 19.5 Å². The Balaban J connectivity index is 0.000000188. The second-order valence-corrected chi connectivity index (χ2v) is 11.6. The highest BCUT2D eigenvalue weighted by atomic mass is 19.4. The predicted molar refractivity (Wildman–Crippen MR) is 174 cm³/mol. The van der Waals surface area contributed by atoms with E-state index in [4.69, 9.17) is 13.3 Å². The minimum absolute atomic E-state index is 0.0278. The second-order valence-electron chi connectivity index (χ2n) is 11.6. The van der Waals surface area contributed by atoms with Gasteiger partial charge in [0.15, 0.2) is 11.2 Å². The first-order valence-corrected chi connectivity index (χ1v) is 15.7. The van der Waals surface area contributed by atoms with Crippen molar-refractivity contribution in [3.05, 3.63) is 118 Å². The lowest BCUT2D eigenvalue weighted by molar-refractivity contribution is -0.275. The number of benzene rings is 4. The van der Waals surface area contributed by atoms with Gasteiger partial charge in [0.2, 0.25) is 11.8 Å². The second kappa shape index (κ2) is 14.7. The van der Waals surface area contributed by atoms with Gasteiger partial charge in [-0.3, -0.25) is 9.13 Å². The van der Waals surface area contributed by atoms with Crippen LogP contribution in [0.25, 0.3) is 44.5 Å². The van der Waals surface area contributed by atoms with Crippen LogP contribution in [0.2, 0.25) is 0 Å². The number of aryl methyl sites for hydroxylation is 3. The molecule has 0 bridgehead atoms. The van der Waals surface area contributed by atoms with Gasteiger partial charge in [-0.1, -0.05) is 36.4 Å². The van der Waals surface area contributed by atoms with Gasteiger partial charge in [0.1, 0.15) is 18.0 Å². The number of hydrogen-bond acceptors (Lipinski definition) is 9. The van der Waals surface area contributed by atoms with Crippen molar-refractivity contribution >= 4 is 22.2 Å². The van der Waals surface area contributed by atoms with Gasteiger partial charge >= 0.3 is 30.4 Å².